The Balaban J connectivity index is 1.34. The van der Waals surface area contributed by atoms with Crippen molar-refractivity contribution in [1.82, 2.24) is 14.9 Å². The molecule has 1 aliphatic rings. The Kier molecular flexibility index (Phi) is 6.53. The first-order valence-corrected chi connectivity index (χ1v) is 12.3. The van der Waals surface area contributed by atoms with E-state index in [1.807, 2.05) is 29.6 Å². The van der Waals surface area contributed by atoms with E-state index in [4.69, 9.17) is 0 Å². The van der Waals surface area contributed by atoms with Crippen LogP contribution in [0.4, 0.5) is 18.3 Å². The molecule has 35 heavy (non-hydrogen) atoms. The number of hydrogen-bond donors (Lipinski definition) is 1. The highest BCUT2D eigenvalue weighted by atomic mass is 32.1. The lowest BCUT2D eigenvalue weighted by atomic mass is 10.0. The largest absolute Gasteiger partial charge is 0.416 e. The van der Waals surface area contributed by atoms with Crippen molar-refractivity contribution >= 4 is 33.3 Å². The Hall–Kier alpha value is -3.30. The van der Waals surface area contributed by atoms with E-state index in [1.54, 1.807) is 12.1 Å². The Morgan fingerprint density at radius 1 is 1.03 bits per heavy atom. The minimum absolute atomic E-state index is 0.0808. The van der Waals surface area contributed by atoms with Gasteiger partial charge in [0.15, 0.2) is 5.13 Å². The van der Waals surface area contributed by atoms with Crippen LogP contribution in [-0.2, 0) is 23.9 Å². The number of amides is 1. The molecule has 0 spiro atoms. The number of carbonyl (C=O) groups is 1. The van der Waals surface area contributed by atoms with E-state index >= 15 is 0 Å². The van der Waals surface area contributed by atoms with Gasteiger partial charge in [0.2, 0.25) is 5.91 Å². The maximum absolute atomic E-state index is 13.2. The predicted molar refractivity (Wildman–Crippen MR) is 131 cm³/mol. The zero-order valence-corrected chi connectivity index (χ0v) is 19.6. The number of benzene rings is 2. The molecule has 0 saturated carbocycles. The number of alkyl halides is 3. The summed E-state index contributed by atoms with van der Waals surface area (Å²) < 4.78 is 39.5. The molecule has 4 aromatic rings. The minimum atomic E-state index is -4.43. The lowest BCUT2D eigenvalue weighted by Gasteiger charge is -2.11. The molecule has 2 aromatic heterocycles. The third kappa shape index (κ3) is 5.52. The van der Waals surface area contributed by atoms with E-state index in [-0.39, 0.29) is 12.3 Å². The second-order valence-electron chi connectivity index (χ2n) is 8.62. The van der Waals surface area contributed by atoms with Crippen LogP contribution in [0.15, 0.2) is 60.0 Å². The molecular formula is C26H23F3N4OS. The molecule has 0 aliphatic carbocycles. The van der Waals surface area contributed by atoms with Crippen LogP contribution < -0.4 is 5.32 Å². The van der Waals surface area contributed by atoms with E-state index in [2.05, 4.69) is 20.2 Å². The first-order valence-electron chi connectivity index (χ1n) is 11.4. The molecule has 0 atom stereocenters. The van der Waals surface area contributed by atoms with Crippen LogP contribution in [0.1, 0.15) is 29.7 Å². The number of pyridine rings is 1. The summed E-state index contributed by atoms with van der Waals surface area (Å²) in [5.74, 6) is -0.217. The molecule has 5 rings (SSSR count). The Morgan fingerprint density at radius 2 is 1.83 bits per heavy atom. The maximum atomic E-state index is 13.2. The van der Waals surface area contributed by atoms with Gasteiger partial charge in [-0.1, -0.05) is 36.4 Å². The van der Waals surface area contributed by atoms with Crippen LogP contribution in [-0.4, -0.2) is 33.9 Å². The fourth-order valence-electron chi connectivity index (χ4n) is 4.31. The maximum Gasteiger partial charge on any atom is 0.416 e. The quantitative estimate of drug-likeness (QED) is 0.348. The second-order valence-corrected chi connectivity index (χ2v) is 9.47. The topological polar surface area (TPSA) is 58.1 Å². The van der Waals surface area contributed by atoms with Gasteiger partial charge in [-0.15, -0.1) is 11.3 Å². The summed E-state index contributed by atoms with van der Waals surface area (Å²) in [5.41, 5.74) is 2.30. The zero-order valence-electron chi connectivity index (χ0n) is 18.8. The number of para-hydroxylation sites is 1. The van der Waals surface area contributed by atoms with Crippen LogP contribution in [0, 0.1) is 0 Å². The number of hydrogen-bond acceptors (Lipinski definition) is 5. The minimum Gasteiger partial charge on any atom is -0.302 e. The number of thiazole rings is 1. The van der Waals surface area contributed by atoms with Crippen molar-refractivity contribution < 1.29 is 18.0 Å². The van der Waals surface area contributed by atoms with E-state index < -0.39 is 11.7 Å². The van der Waals surface area contributed by atoms with Crippen molar-refractivity contribution in [2.45, 2.75) is 32.0 Å². The third-order valence-electron chi connectivity index (χ3n) is 6.02. The Labute approximate surface area is 204 Å². The number of carbonyl (C=O) groups excluding carboxylic acids is 1. The smallest absolute Gasteiger partial charge is 0.302 e. The Bertz CT molecular complexity index is 1360. The number of halogens is 3. The summed E-state index contributed by atoms with van der Waals surface area (Å²) in [6.07, 6.45) is -1.93. The van der Waals surface area contributed by atoms with Crippen molar-refractivity contribution in [2.75, 3.05) is 18.4 Å². The van der Waals surface area contributed by atoms with E-state index in [9.17, 15) is 18.0 Å². The fraction of sp³-hybridized carbons (Fsp3) is 0.269. The summed E-state index contributed by atoms with van der Waals surface area (Å²) in [4.78, 5) is 24.3. The van der Waals surface area contributed by atoms with Gasteiger partial charge in [0.25, 0.3) is 0 Å². The van der Waals surface area contributed by atoms with Crippen LogP contribution in [0.3, 0.4) is 0 Å². The molecule has 1 saturated heterocycles. The normalized spacial score (nSPS) is 14.5. The molecule has 9 heteroatoms. The molecule has 1 N–H and O–H groups in total. The van der Waals surface area contributed by atoms with Crippen LogP contribution >= 0.6 is 11.3 Å². The molecule has 1 fully saturated rings. The van der Waals surface area contributed by atoms with Crippen molar-refractivity contribution in [2.24, 2.45) is 0 Å². The highest BCUT2D eigenvalue weighted by molar-refractivity contribution is 7.13. The molecule has 1 aliphatic heterocycles. The average molecular weight is 497 g/mol. The summed E-state index contributed by atoms with van der Waals surface area (Å²) >= 11 is 1.40. The number of likely N-dealkylation sites (tertiary alicyclic amines) is 1. The van der Waals surface area contributed by atoms with Gasteiger partial charge in [-0.2, -0.15) is 13.2 Å². The molecule has 180 valence electrons. The van der Waals surface area contributed by atoms with Gasteiger partial charge < -0.3 is 5.32 Å². The van der Waals surface area contributed by atoms with Crippen molar-refractivity contribution in [3.05, 3.63) is 76.8 Å². The van der Waals surface area contributed by atoms with Gasteiger partial charge in [-0.05, 0) is 49.7 Å². The molecule has 1 amide bonds. The van der Waals surface area contributed by atoms with Gasteiger partial charge in [-0.3, -0.25) is 9.69 Å². The summed E-state index contributed by atoms with van der Waals surface area (Å²) in [6, 6.07) is 14.1. The van der Waals surface area contributed by atoms with Crippen molar-refractivity contribution in [3.63, 3.8) is 0 Å². The van der Waals surface area contributed by atoms with E-state index in [0.717, 1.165) is 42.8 Å². The zero-order chi connectivity index (χ0) is 24.4. The first kappa shape index (κ1) is 23.4. The number of rotatable bonds is 6. The van der Waals surface area contributed by atoms with Gasteiger partial charge in [0.05, 0.1) is 28.9 Å². The van der Waals surface area contributed by atoms with Crippen LogP contribution in [0.5, 0.6) is 0 Å². The SMILES string of the molecule is O=C(Cc1cccc2ccc(-c3cccc(C(F)(F)F)c3)nc12)Nc1nc(CN2CCCC2)cs1. The summed E-state index contributed by atoms with van der Waals surface area (Å²) in [7, 11) is 0. The lowest BCUT2D eigenvalue weighted by Crippen LogP contribution is -2.19. The standard InChI is InChI=1S/C26H23F3N4OS/c27-26(28,29)20-8-4-6-18(13-20)22-10-9-17-5-3-7-19(24(17)31-22)14-23(34)32-25-30-21(16-35-25)15-33-11-1-2-12-33/h3-10,13,16H,1-2,11-12,14-15H2,(H,30,32,34). The molecule has 5 nitrogen and oxygen atoms in total. The number of fused-ring (bicyclic) bond motifs is 1. The first-order chi connectivity index (χ1) is 16.8. The number of nitrogens with zero attached hydrogens (tertiary/aromatic N) is 3. The van der Waals surface area contributed by atoms with E-state index in [1.165, 1.54) is 30.2 Å². The summed E-state index contributed by atoms with van der Waals surface area (Å²) in [5, 5.41) is 6.21. The molecule has 2 aromatic carbocycles. The Morgan fingerprint density at radius 3 is 2.63 bits per heavy atom. The van der Waals surface area contributed by atoms with Gasteiger partial charge >= 0.3 is 6.18 Å². The number of aromatic nitrogens is 2. The molecular weight excluding hydrogens is 473 g/mol. The van der Waals surface area contributed by atoms with Crippen LogP contribution in [0.25, 0.3) is 22.2 Å². The highest BCUT2D eigenvalue weighted by Gasteiger charge is 2.30. The molecule has 0 unspecified atom stereocenters. The molecule has 3 heterocycles. The van der Waals surface area contributed by atoms with Gasteiger partial charge in [0.1, 0.15) is 0 Å². The van der Waals surface area contributed by atoms with E-state index in [0.29, 0.717) is 27.5 Å². The van der Waals surface area contributed by atoms with Crippen LogP contribution in [0.2, 0.25) is 0 Å². The predicted octanol–water partition coefficient (Wildman–Crippen LogP) is 6.15. The number of anilines is 1. The number of nitrogens with one attached hydrogen (secondary N) is 1. The van der Waals surface area contributed by atoms with Gasteiger partial charge in [-0.25, -0.2) is 9.97 Å². The fourth-order valence-corrected chi connectivity index (χ4v) is 5.03. The summed E-state index contributed by atoms with van der Waals surface area (Å²) in [6.45, 7) is 2.95. The highest BCUT2D eigenvalue weighted by Crippen LogP contribution is 2.32. The average Bonchev–Trinajstić information content (AvgIpc) is 3.51. The van der Waals surface area contributed by atoms with Crippen molar-refractivity contribution in [1.29, 1.82) is 0 Å². The molecule has 0 radical (unpaired) electrons. The third-order valence-corrected chi connectivity index (χ3v) is 6.83. The molecule has 0 bridgehead atoms. The van der Waals surface area contributed by atoms with Gasteiger partial charge in [0, 0.05) is 22.9 Å². The lowest BCUT2D eigenvalue weighted by molar-refractivity contribution is -0.137. The monoisotopic (exact) mass is 496 g/mol. The second kappa shape index (κ2) is 9.75. The van der Waals surface area contributed by atoms with Crippen molar-refractivity contribution in [3.8, 4) is 11.3 Å².